The number of likely N-dealkylation sites (tertiary alicyclic amines) is 1. The van der Waals surface area contributed by atoms with Gasteiger partial charge in [0.15, 0.2) is 0 Å². The second-order valence-electron chi connectivity index (χ2n) is 10.7. The van der Waals surface area contributed by atoms with Crippen molar-refractivity contribution in [1.82, 2.24) is 19.8 Å². The number of hydrogen-bond acceptors (Lipinski definition) is 7. The number of carbonyl (C=O) groups is 2. The van der Waals surface area contributed by atoms with Gasteiger partial charge in [-0.15, -0.1) is 0 Å². The van der Waals surface area contributed by atoms with Crippen molar-refractivity contribution in [2.24, 2.45) is 5.92 Å². The first kappa shape index (κ1) is 31.5. The number of unbranched alkanes of at least 4 members (excludes halogenated alkanes) is 1. The first-order chi connectivity index (χ1) is 20.0. The maximum Gasteiger partial charge on any atom is 0.243 e. The van der Waals surface area contributed by atoms with Crippen LogP contribution in [0.1, 0.15) is 37.3 Å². The zero-order valence-corrected chi connectivity index (χ0v) is 24.1. The first-order valence-corrected chi connectivity index (χ1v) is 15.4. The number of carbonyl (C=O) groups excluding carboxylic acids is 2. The number of halogens is 2. The summed E-state index contributed by atoms with van der Waals surface area (Å²) >= 11 is 0. The van der Waals surface area contributed by atoms with Crippen molar-refractivity contribution in [2.45, 2.75) is 55.7 Å². The van der Waals surface area contributed by atoms with Crippen LogP contribution in [0.3, 0.4) is 0 Å². The van der Waals surface area contributed by atoms with Crippen LogP contribution in [0.25, 0.3) is 0 Å². The molecule has 2 aliphatic rings. The summed E-state index contributed by atoms with van der Waals surface area (Å²) in [4.78, 5) is 27.4. The van der Waals surface area contributed by atoms with E-state index in [-0.39, 0.29) is 55.4 Å². The molecule has 3 N–H and O–H groups in total. The van der Waals surface area contributed by atoms with E-state index in [9.17, 15) is 31.9 Å². The smallest absolute Gasteiger partial charge is 0.243 e. The minimum Gasteiger partial charge on any atom is -0.389 e. The summed E-state index contributed by atoms with van der Waals surface area (Å²) in [6.07, 6.45) is 0.230. The average molecular weight is 604 g/mol. The average Bonchev–Trinajstić information content (AvgIpc) is 3.35. The molecule has 0 aliphatic carbocycles. The number of hydrogen-bond donors (Lipinski definition) is 3. The van der Waals surface area contributed by atoms with Crippen molar-refractivity contribution in [1.29, 1.82) is 5.26 Å². The summed E-state index contributed by atoms with van der Waals surface area (Å²) in [5.74, 6) is -2.88. The topological polar surface area (TPSA) is 143 Å². The molecule has 4 rings (SSSR count). The summed E-state index contributed by atoms with van der Waals surface area (Å²) < 4.78 is 55.8. The first-order valence-electron chi connectivity index (χ1n) is 14.0. The van der Waals surface area contributed by atoms with E-state index in [4.69, 9.17) is 5.26 Å². The Balaban J connectivity index is 1.53. The van der Waals surface area contributed by atoms with Crippen molar-refractivity contribution in [2.75, 3.05) is 32.7 Å². The van der Waals surface area contributed by atoms with E-state index < -0.39 is 51.7 Å². The molecule has 13 heteroatoms. The Bertz CT molecular complexity index is 1410. The lowest BCUT2D eigenvalue weighted by molar-refractivity contribution is -0.129. The highest BCUT2D eigenvalue weighted by atomic mass is 32.2. The van der Waals surface area contributed by atoms with Crippen LogP contribution < -0.4 is 10.6 Å². The predicted octanol–water partition coefficient (Wildman–Crippen LogP) is 1.54. The molecular formula is C29H35F2N5O5S. The van der Waals surface area contributed by atoms with Crippen LogP contribution in [-0.2, 0) is 26.0 Å². The number of nitriles is 1. The van der Waals surface area contributed by atoms with Crippen molar-refractivity contribution in [3.05, 3.63) is 65.2 Å². The zero-order chi connectivity index (χ0) is 30.4. The van der Waals surface area contributed by atoms with E-state index in [0.717, 1.165) is 31.0 Å². The molecule has 2 aromatic rings. The number of amides is 2. The number of rotatable bonds is 11. The van der Waals surface area contributed by atoms with Crippen molar-refractivity contribution in [3.63, 3.8) is 0 Å². The third-order valence-electron chi connectivity index (χ3n) is 7.69. The molecule has 4 atom stereocenters. The maximum absolute atomic E-state index is 14.0. The number of piperazine rings is 1. The number of benzene rings is 2. The second kappa shape index (κ2) is 13.7. The monoisotopic (exact) mass is 603 g/mol. The number of sulfonamides is 1. The van der Waals surface area contributed by atoms with E-state index in [1.165, 1.54) is 28.6 Å². The van der Waals surface area contributed by atoms with E-state index >= 15 is 0 Å². The van der Waals surface area contributed by atoms with E-state index in [0.29, 0.717) is 12.1 Å². The molecule has 0 saturated carbocycles. The van der Waals surface area contributed by atoms with Crippen molar-refractivity contribution < 1.29 is 31.9 Å². The normalized spacial score (nSPS) is 21.1. The molecule has 0 aromatic heterocycles. The van der Waals surface area contributed by atoms with Gasteiger partial charge in [0.25, 0.3) is 0 Å². The molecule has 2 saturated heterocycles. The fourth-order valence-electron chi connectivity index (χ4n) is 5.38. The minimum atomic E-state index is -3.96. The maximum atomic E-state index is 14.0. The van der Waals surface area contributed by atoms with Gasteiger partial charge in [-0.3, -0.25) is 9.59 Å². The van der Waals surface area contributed by atoms with Gasteiger partial charge >= 0.3 is 0 Å². The van der Waals surface area contributed by atoms with Crippen LogP contribution in [0.4, 0.5) is 8.78 Å². The fourth-order valence-corrected chi connectivity index (χ4v) is 6.85. The summed E-state index contributed by atoms with van der Waals surface area (Å²) in [7, 11) is -3.96. The van der Waals surface area contributed by atoms with Crippen LogP contribution in [0.5, 0.6) is 0 Å². The standard InChI is InChI=1S/C29H35F2N5O5S/c1-2-3-9-35-17-21(14-27(35)37)29(39)34-25(13-20-11-22(30)15-23(31)12-20)28(38)26-18-36(10-8-33-26)42(40,41)24-6-4-19(16-32)5-7-24/h4-7,11-12,15,21,25-26,28,33,38H,2-3,8-10,13-14,17-18H2,1H3,(H,34,39)/t21?,25?,26-,28+/m1/s1. The molecule has 2 unspecified atom stereocenters. The lowest BCUT2D eigenvalue weighted by atomic mass is 9.94. The van der Waals surface area contributed by atoms with E-state index in [1.54, 1.807) is 4.90 Å². The van der Waals surface area contributed by atoms with Gasteiger partial charge in [0.05, 0.1) is 34.6 Å². The zero-order valence-electron chi connectivity index (χ0n) is 23.3. The van der Waals surface area contributed by atoms with Crippen molar-refractivity contribution >= 4 is 21.8 Å². The highest BCUT2D eigenvalue weighted by Gasteiger charge is 2.39. The van der Waals surface area contributed by atoms with E-state index in [2.05, 4.69) is 10.6 Å². The van der Waals surface area contributed by atoms with Crippen LogP contribution in [-0.4, -0.2) is 85.5 Å². The van der Waals surface area contributed by atoms with Gasteiger partial charge in [-0.05, 0) is 54.8 Å². The largest absolute Gasteiger partial charge is 0.389 e. The SMILES string of the molecule is CCCCN1CC(C(=O)NC(Cc2cc(F)cc(F)c2)[C@H](O)[C@H]2CN(S(=O)(=O)c3ccc(C#N)cc3)CCN2)CC1=O. The van der Waals surface area contributed by atoms with Crippen LogP contribution in [0.2, 0.25) is 0 Å². The van der Waals surface area contributed by atoms with Crippen LogP contribution in [0, 0.1) is 28.9 Å². The third-order valence-corrected chi connectivity index (χ3v) is 9.57. The van der Waals surface area contributed by atoms with Gasteiger partial charge in [0, 0.05) is 51.3 Å². The summed E-state index contributed by atoms with van der Waals surface area (Å²) in [5.41, 5.74) is 0.508. The molecule has 0 spiro atoms. The fraction of sp³-hybridized carbons (Fsp3) is 0.483. The molecule has 2 aromatic carbocycles. The number of aliphatic hydroxyl groups is 1. The van der Waals surface area contributed by atoms with Crippen LogP contribution in [0.15, 0.2) is 47.4 Å². The minimum absolute atomic E-state index is 0.00439. The Hall–Kier alpha value is -3.44. The molecule has 2 heterocycles. The van der Waals surface area contributed by atoms with Crippen LogP contribution >= 0.6 is 0 Å². The Labute approximate surface area is 244 Å². The van der Waals surface area contributed by atoms with Gasteiger partial charge in [-0.1, -0.05) is 13.3 Å². The lowest BCUT2D eigenvalue weighted by Crippen LogP contribution is -2.62. The van der Waals surface area contributed by atoms with Gasteiger partial charge in [0.1, 0.15) is 11.6 Å². The summed E-state index contributed by atoms with van der Waals surface area (Å²) in [6, 6.07) is 8.49. The Morgan fingerprint density at radius 3 is 2.52 bits per heavy atom. The Kier molecular flexibility index (Phi) is 10.3. The molecular weight excluding hydrogens is 568 g/mol. The second-order valence-corrected chi connectivity index (χ2v) is 12.7. The molecule has 0 bridgehead atoms. The summed E-state index contributed by atoms with van der Waals surface area (Å²) in [5, 5.41) is 26.4. The Morgan fingerprint density at radius 1 is 1.19 bits per heavy atom. The van der Waals surface area contributed by atoms with Gasteiger partial charge in [-0.25, -0.2) is 17.2 Å². The third kappa shape index (κ3) is 7.49. The van der Waals surface area contributed by atoms with E-state index in [1.807, 2.05) is 13.0 Å². The highest BCUT2D eigenvalue weighted by molar-refractivity contribution is 7.89. The number of nitrogens with one attached hydrogen (secondary N) is 2. The lowest BCUT2D eigenvalue weighted by Gasteiger charge is -2.38. The number of aliphatic hydroxyl groups excluding tert-OH is 1. The van der Waals surface area contributed by atoms with Gasteiger partial charge in [0.2, 0.25) is 21.8 Å². The Morgan fingerprint density at radius 2 is 1.88 bits per heavy atom. The highest BCUT2D eigenvalue weighted by Crippen LogP contribution is 2.23. The van der Waals surface area contributed by atoms with Gasteiger partial charge in [-0.2, -0.15) is 9.57 Å². The molecule has 10 nitrogen and oxygen atoms in total. The molecule has 2 amide bonds. The molecule has 42 heavy (non-hydrogen) atoms. The molecule has 2 aliphatic heterocycles. The molecule has 2 fully saturated rings. The summed E-state index contributed by atoms with van der Waals surface area (Å²) in [6.45, 7) is 2.97. The predicted molar refractivity (Wildman–Crippen MR) is 149 cm³/mol. The number of nitrogens with zero attached hydrogens (tertiary/aromatic N) is 3. The quantitative estimate of drug-likeness (QED) is 0.354. The molecule has 226 valence electrons. The van der Waals surface area contributed by atoms with Gasteiger partial charge < -0.3 is 20.6 Å². The molecule has 0 radical (unpaired) electrons. The van der Waals surface area contributed by atoms with Crippen molar-refractivity contribution in [3.8, 4) is 6.07 Å².